The summed E-state index contributed by atoms with van der Waals surface area (Å²) in [5.74, 6) is -2.05. The van der Waals surface area contributed by atoms with Gasteiger partial charge in [0, 0.05) is 6.07 Å². The Bertz CT molecular complexity index is 890. The van der Waals surface area contributed by atoms with Gasteiger partial charge in [0.15, 0.2) is 12.4 Å². The van der Waals surface area contributed by atoms with Crippen LogP contribution in [-0.4, -0.2) is 37.1 Å². The number of nitro benzene ring substituents is 1. The number of para-hydroxylation sites is 2. The summed E-state index contributed by atoms with van der Waals surface area (Å²) in [6.07, 6.45) is 0. The number of benzene rings is 2. The Morgan fingerprint density at radius 3 is 2.54 bits per heavy atom. The van der Waals surface area contributed by atoms with E-state index in [0.29, 0.717) is 0 Å². The lowest BCUT2D eigenvalue weighted by Crippen LogP contribution is -2.21. The second kappa shape index (κ2) is 9.26. The Kier molecular flexibility index (Phi) is 6.79. The Hall–Kier alpha value is -3.76. The number of amides is 1. The van der Waals surface area contributed by atoms with Crippen molar-refractivity contribution in [1.29, 1.82) is 0 Å². The SMILES string of the molecule is COC(=O)c1ccc(OCC(=O)Nc2ccccc2OC(F)F)c([N+](=O)[O-])c1. The van der Waals surface area contributed by atoms with Crippen molar-refractivity contribution >= 4 is 23.3 Å². The molecule has 148 valence electrons. The van der Waals surface area contributed by atoms with Gasteiger partial charge in [0.1, 0.15) is 5.75 Å². The van der Waals surface area contributed by atoms with Gasteiger partial charge in [-0.25, -0.2) is 4.79 Å². The molecule has 0 bridgehead atoms. The van der Waals surface area contributed by atoms with E-state index in [2.05, 4.69) is 14.8 Å². The number of carbonyl (C=O) groups is 2. The molecule has 28 heavy (non-hydrogen) atoms. The first kappa shape index (κ1) is 20.6. The second-order valence-corrected chi connectivity index (χ2v) is 5.14. The molecule has 0 unspecified atom stereocenters. The number of esters is 1. The smallest absolute Gasteiger partial charge is 0.387 e. The van der Waals surface area contributed by atoms with Gasteiger partial charge in [-0.2, -0.15) is 8.78 Å². The number of halogens is 2. The third kappa shape index (κ3) is 5.37. The molecule has 0 fully saturated rings. The van der Waals surface area contributed by atoms with Gasteiger partial charge in [0.2, 0.25) is 0 Å². The number of alkyl halides is 2. The zero-order valence-electron chi connectivity index (χ0n) is 14.4. The van der Waals surface area contributed by atoms with Crippen molar-refractivity contribution in [3.63, 3.8) is 0 Å². The molecule has 2 rings (SSSR count). The number of nitrogens with zero attached hydrogens (tertiary/aromatic N) is 1. The summed E-state index contributed by atoms with van der Waals surface area (Å²) in [6.45, 7) is -3.73. The fourth-order valence-corrected chi connectivity index (χ4v) is 2.13. The minimum Gasteiger partial charge on any atom is -0.477 e. The lowest BCUT2D eigenvalue weighted by molar-refractivity contribution is -0.385. The topological polar surface area (TPSA) is 117 Å². The molecule has 1 N–H and O–H groups in total. The largest absolute Gasteiger partial charge is 0.477 e. The molecule has 0 spiro atoms. The van der Waals surface area contributed by atoms with Gasteiger partial charge in [-0.15, -0.1) is 0 Å². The molecule has 0 saturated carbocycles. The predicted molar refractivity (Wildman–Crippen MR) is 91.6 cm³/mol. The number of hydrogen-bond donors (Lipinski definition) is 1. The van der Waals surface area contributed by atoms with Crippen molar-refractivity contribution in [3.8, 4) is 11.5 Å². The fraction of sp³-hybridized carbons (Fsp3) is 0.176. The Morgan fingerprint density at radius 1 is 1.18 bits per heavy atom. The summed E-state index contributed by atoms with van der Waals surface area (Å²) in [5.41, 5.74) is -0.631. The molecule has 0 saturated heterocycles. The number of ether oxygens (including phenoxy) is 3. The highest BCUT2D eigenvalue weighted by Gasteiger charge is 2.20. The van der Waals surface area contributed by atoms with Crippen LogP contribution in [0.15, 0.2) is 42.5 Å². The molecule has 2 aromatic rings. The van der Waals surface area contributed by atoms with E-state index >= 15 is 0 Å². The van der Waals surface area contributed by atoms with Crippen molar-refractivity contribution in [1.82, 2.24) is 0 Å². The standard InChI is InChI=1S/C17H14F2N2O7/c1-26-16(23)10-6-7-14(12(8-10)21(24)25)27-9-15(22)20-11-4-2-3-5-13(11)28-17(18)19/h2-8,17H,9H2,1H3,(H,20,22). The van der Waals surface area contributed by atoms with Gasteiger partial charge in [0.05, 0.1) is 23.3 Å². The van der Waals surface area contributed by atoms with Gasteiger partial charge >= 0.3 is 18.3 Å². The van der Waals surface area contributed by atoms with Crippen LogP contribution in [0.4, 0.5) is 20.2 Å². The van der Waals surface area contributed by atoms with Gasteiger partial charge in [-0.05, 0) is 24.3 Å². The van der Waals surface area contributed by atoms with E-state index in [0.717, 1.165) is 19.2 Å². The molecule has 0 aliphatic heterocycles. The minimum atomic E-state index is -3.08. The molecular formula is C17H14F2N2O7. The van der Waals surface area contributed by atoms with E-state index < -0.39 is 35.7 Å². The fourth-order valence-electron chi connectivity index (χ4n) is 2.13. The van der Waals surface area contributed by atoms with Crippen molar-refractivity contribution < 1.29 is 37.5 Å². The molecule has 0 aromatic heterocycles. The van der Waals surface area contributed by atoms with E-state index in [-0.39, 0.29) is 22.7 Å². The summed E-state index contributed by atoms with van der Waals surface area (Å²) < 4.78 is 38.7. The number of hydrogen-bond acceptors (Lipinski definition) is 7. The van der Waals surface area contributed by atoms with Crippen LogP contribution in [0.1, 0.15) is 10.4 Å². The normalized spacial score (nSPS) is 10.3. The second-order valence-electron chi connectivity index (χ2n) is 5.14. The highest BCUT2D eigenvalue weighted by atomic mass is 19.3. The first-order chi connectivity index (χ1) is 13.3. The molecule has 0 aliphatic rings. The van der Waals surface area contributed by atoms with Crippen LogP contribution in [0.5, 0.6) is 11.5 Å². The lowest BCUT2D eigenvalue weighted by Gasteiger charge is -2.12. The van der Waals surface area contributed by atoms with Crippen molar-refractivity contribution in [2.24, 2.45) is 0 Å². The molecular weight excluding hydrogens is 382 g/mol. The average molecular weight is 396 g/mol. The molecule has 2 aromatic carbocycles. The number of anilines is 1. The Balaban J connectivity index is 2.09. The quantitative estimate of drug-likeness (QED) is 0.414. The van der Waals surface area contributed by atoms with Gasteiger partial charge in [0.25, 0.3) is 5.91 Å². The van der Waals surface area contributed by atoms with Crippen LogP contribution in [-0.2, 0) is 9.53 Å². The minimum absolute atomic E-state index is 0.0214. The van der Waals surface area contributed by atoms with Crippen LogP contribution in [0.2, 0.25) is 0 Å². The first-order valence-corrected chi connectivity index (χ1v) is 7.65. The van der Waals surface area contributed by atoms with Crippen LogP contribution in [0.25, 0.3) is 0 Å². The Morgan fingerprint density at radius 2 is 1.89 bits per heavy atom. The Labute approximate surface area is 157 Å². The zero-order chi connectivity index (χ0) is 20.7. The summed E-state index contributed by atoms with van der Waals surface area (Å²) in [6, 6.07) is 8.83. The summed E-state index contributed by atoms with van der Waals surface area (Å²) >= 11 is 0. The van der Waals surface area contributed by atoms with E-state index in [1.54, 1.807) is 0 Å². The summed E-state index contributed by atoms with van der Waals surface area (Å²) in [7, 11) is 1.12. The predicted octanol–water partition coefficient (Wildman–Crippen LogP) is 3.00. The monoisotopic (exact) mass is 396 g/mol. The van der Waals surface area contributed by atoms with Crippen molar-refractivity contribution in [3.05, 3.63) is 58.1 Å². The van der Waals surface area contributed by atoms with Gasteiger partial charge in [-0.3, -0.25) is 14.9 Å². The van der Waals surface area contributed by atoms with Crippen LogP contribution in [0.3, 0.4) is 0 Å². The van der Waals surface area contributed by atoms with Crippen LogP contribution >= 0.6 is 0 Å². The third-order valence-electron chi connectivity index (χ3n) is 3.31. The highest BCUT2D eigenvalue weighted by Crippen LogP contribution is 2.29. The van der Waals surface area contributed by atoms with E-state index in [9.17, 15) is 28.5 Å². The van der Waals surface area contributed by atoms with E-state index in [1.807, 2.05) is 0 Å². The van der Waals surface area contributed by atoms with Gasteiger partial charge in [-0.1, -0.05) is 12.1 Å². The summed E-state index contributed by atoms with van der Waals surface area (Å²) in [5, 5.41) is 13.5. The lowest BCUT2D eigenvalue weighted by atomic mass is 10.2. The number of carbonyl (C=O) groups excluding carboxylic acids is 2. The number of methoxy groups -OCH3 is 1. The summed E-state index contributed by atoms with van der Waals surface area (Å²) in [4.78, 5) is 33.8. The molecule has 0 atom stereocenters. The maximum Gasteiger partial charge on any atom is 0.387 e. The first-order valence-electron chi connectivity index (χ1n) is 7.65. The number of nitrogens with one attached hydrogen (secondary N) is 1. The zero-order valence-corrected chi connectivity index (χ0v) is 14.4. The van der Waals surface area contributed by atoms with Crippen LogP contribution in [0, 0.1) is 10.1 Å². The van der Waals surface area contributed by atoms with Crippen molar-refractivity contribution in [2.75, 3.05) is 19.0 Å². The van der Waals surface area contributed by atoms with Gasteiger partial charge < -0.3 is 19.5 Å². The van der Waals surface area contributed by atoms with E-state index in [4.69, 9.17) is 4.74 Å². The molecule has 9 nitrogen and oxygen atoms in total. The molecule has 0 aliphatic carbocycles. The molecule has 1 amide bonds. The maximum absolute atomic E-state index is 12.4. The maximum atomic E-state index is 12.4. The average Bonchev–Trinajstić information content (AvgIpc) is 2.66. The van der Waals surface area contributed by atoms with Crippen molar-refractivity contribution in [2.45, 2.75) is 6.61 Å². The number of nitro groups is 1. The molecule has 0 radical (unpaired) electrons. The molecule has 0 heterocycles. The number of rotatable bonds is 8. The third-order valence-corrected chi connectivity index (χ3v) is 3.31. The van der Waals surface area contributed by atoms with E-state index in [1.165, 1.54) is 30.3 Å². The molecule has 11 heteroatoms. The van der Waals surface area contributed by atoms with Crippen LogP contribution < -0.4 is 14.8 Å². The highest BCUT2D eigenvalue weighted by molar-refractivity contribution is 5.93.